The largest absolute Gasteiger partial charge is 0.492 e. The number of carbonyl (C=O) groups excluding carboxylic acids is 2. The molecule has 2 amide bonds. The standard InChI is InChI=1S/C27H31N5O4/c33-25-2-1-13-32(25)16-17-36-21-5-3-20(4-6-21)26(34)30-19-27(35)9-14-31(15-10-27)24-8-12-29-23-7-11-28-18-22(23)24/h3-8,11-12,18,35H,1-2,9-10,13-17,19H2,(H,30,34). The number of nitrogens with one attached hydrogen (secondary N) is 1. The average molecular weight is 490 g/mol. The molecular weight excluding hydrogens is 458 g/mol. The highest BCUT2D eigenvalue weighted by atomic mass is 16.5. The van der Waals surface area contributed by atoms with E-state index in [9.17, 15) is 14.7 Å². The minimum atomic E-state index is -0.955. The van der Waals surface area contributed by atoms with Gasteiger partial charge in [0.1, 0.15) is 12.4 Å². The molecule has 36 heavy (non-hydrogen) atoms. The van der Waals surface area contributed by atoms with Gasteiger partial charge in [-0.25, -0.2) is 0 Å². The summed E-state index contributed by atoms with van der Waals surface area (Å²) in [4.78, 5) is 37.0. The molecule has 2 saturated heterocycles. The van der Waals surface area contributed by atoms with Crippen LogP contribution < -0.4 is 15.0 Å². The molecule has 0 atom stereocenters. The number of anilines is 1. The highest BCUT2D eigenvalue weighted by Crippen LogP contribution is 2.30. The van der Waals surface area contributed by atoms with Gasteiger partial charge < -0.3 is 25.0 Å². The van der Waals surface area contributed by atoms with Gasteiger partial charge >= 0.3 is 0 Å². The predicted molar refractivity (Wildman–Crippen MR) is 136 cm³/mol. The Morgan fingerprint density at radius 1 is 1.08 bits per heavy atom. The minimum absolute atomic E-state index is 0.182. The number of piperidine rings is 1. The highest BCUT2D eigenvalue weighted by Gasteiger charge is 2.33. The second kappa shape index (κ2) is 10.5. The number of benzene rings is 1. The summed E-state index contributed by atoms with van der Waals surface area (Å²) >= 11 is 0. The van der Waals surface area contributed by atoms with E-state index in [0.717, 1.165) is 29.6 Å². The molecule has 0 unspecified atom stereocenters. The molecule has 9 heteroatoms. The summed E-state index contributed by atoms with van der Waals surface area (Å²) in [7, 11) is 0. The topological polar surface area (TPSA) is 108 Å². The first-order valence-corrected chi connectivity index (χ1v) is 12.5. The maximum Gasteiger partial charge on any atom is 0.251 e. The van der Waals surface area contributed by atoms with Gasteiger partial charge in [0.25, 0.3) is 5.91 Å². The first-order chi connectivity index (χ1) is 17.5. The van der Waals surface area contributed by atoms with Gasteiger partial charge in [0.2, 0.25) is 5.91 Å². The van der Waals surface area contributed by atoms with E-state index in [4.69, 9.17) is 4.74 Å². The lowest BCUT2D eigenvalue weighted by molar-refractivity contribution is -0.128. The van der Waals surface area contributed by atoms with Crippen LogP contribution in [0.15, 0.2) is 55.0 Å². The van der Waals surface area contributed by atoms with Gasteiger partial charge in [0.05, 0.1) is 17.7 Å². The van der Waals surface area contributed by atoms with Crippen molar-refractivity contribution < 1.29 is 19.4 Å². The summed E-state index contributed by atoms with van der Waals surface area (Å²) in [6.07, 6.45) is 7.98. The Labute approximate surface area is 210 Å². The lowest BCUT2D eigenvalue weighted by atomic mass is 9.90. The van der Waals surface area contributed by atoms with Gasteiger partial charge in [0.15, 0.2) is 0 Å². The van der Waals surface area contributed by atoms with Gasteiger partial charge in [-0.3, -0.25) is 19.6 Å². The molecule has 2 aromatic heterocycles. The molecule has 5 rings (SSSR count). The number of amides is 2. The van der Waals surface area contributed by atoms with Crippen molar-refractivity contribution in [3.63, 3.8) is 0 Å². The second-order valence-corrected chi connectivity index (χ2v) is 9.47. The van der Waals surface area contributed by atoms with Crippen LogP contribution in [-0.2, 0) is 4.79 Å². The number of hydrogen-bond acceptors (Lipinski definition) is 7. The number of aromatic nitrogens is 2. The number of hydrogen-bond donors (Lipinski definition) is 2. The molecule has 9 nitrogen and oxygen atoms in total. The van der Waals surface area contributed by atoms with Gasteiger partial charge in [-0.2, -0.15) is 0 Å². The molecule has 0 spiro atoms. The van der Waals surface area contributed by atoms with Gasteiger partial charge in [-0.1, -0.05) is 0 Å². The number of likely N-dealkylation sites (tertiary alicyclic amines) is 1. The maximum atomic E-state index is 12.7. The molecule has 0 bridgehead atoms. The maximum absolute atomic E-state index is 12.7. The van der Waals surface area contributed by atoms with Crippen molar-refractivity contribution in [1.29, 1.82) is 0 Å². The molecule has 0 saturated carbocycles. The molecule has 0 radical (unpaired) electrons. The van der Waals surface area contributed by atoms with Crippen LogP contribution in [0.3, 0.4) is 0 Å². The zero-order valence-electron chi connectivity index (χ0n) is 20.2. The number of nitrogens with zero attached hydrogens (tertiary/aromatic N) is 4. The average Bonchev–Trinajstić information content (AvgIpc) is 3.32. The first kappa shape index (κ1) is 24.0. The predicted octanol–water partition coefficient (Wildman–Crippen LogP) is 2.39. The Balaban J connectivity index is 1.09. The first-order valence-electron chi connectivity index (χ1n) is 12.5. The number of carbonyl (C=O) groups is 2. The van der Waals surface area contributed by atoms with Crippen molar-refractivity contribution in [1.82, 2.24) is 20.2 Å². The Morgan fingerprint density at radius 3 is 2.64 bits per heavy atom. The molecule has 2 N–H and O–H groups in total. The molecule has 4 heterocycles. The molecule has 2 aliphatic rings. The van der Waals surface area contributed by atoms with Crippen LogP contribution in [0.1, 0.15) is 36.0 Å². The van der Waals surface area contributed by atoms with Crippen molar-refractivity contribution in [3.8, 4) is 5.75 Å². The molecule has 0 aliphatic carbocycles. The fourth-order valence-corrected chi connectivity index (χ4v) is 4.85. The van der Waals surface area contributed by atoms with E-state index >= 15 is 0 Å². The minimum Gasteiger partial charge on any atom is -0.492 e. The van der Waals surface area contributed by atoms with Crippen LogP contribution in [0.5, 0.6) is 5.75 Å². The SMILES string of the molecule is O=C(NCC1(O)CCN(c2ccnc3ccncc23)CC1)c1ccc(OCCN2CCCC2=O)cc1. The zero-order valence-corrected chi connectivity index (χ0v) is 20.2. The van der Waals surface area contributed by atoms with E-state index in [0.29, 0.717) is 56.8 Å². The molecule has 2 aliphatic heterocycles. The number of ether oxygens (including phenoxy) is 1. The van der Waals surface area contributed by atoms with Gasteiger partial charge in [-0.05, 0) is 55.7 Å². The number of rotatable bonds is 8. The van der Waals surface area contributed by atoms with Crippen LogP contribution in [-0.4, -0.2) is 76.7 Å². The van der Waals surface area contributed by atoms with E-state index in [2.05, 4.69) is 20.2 Å². The third-order valence-electron chi connectivity index (χ3n) is 7.05. The smallest absolute Gasteiger partial charge is 0.251 e. The van der Waals surface area contributed by atoms with Crippen LogP contribution >= 0.6 is 0 Å². The number of aliphatic hydroxyl groups is 1. The van der Waals surface area contributed by atoms with Crippen LogP contribution in [0.25, 0.3) is 10.9 Å². The molecular formula is C27H31N5O4. The Kier molecular flexibility index (Phi) is 6.99. The van der Waals surface area contributed by atoms with Crippen molar-refractivity contribution in [3.05, 3.63) is 60.6 Å². The number of fused-ring (bicyclic) bond motifs is 1. The van der Waals surface area contributed by atoms with E-state index in [-0.39, 0.29) is 18.4 Å². The van der Waals surface area contributed by atoms with E-state index in [1.54, 1.807) is 36.7 Å². The van der Waals surface area contributed by atoms with Crippen molar-refractivity contribution in [2.75, 3.05) is 44.2 Å². The second-order valence-electron chi connectivity index (χ2n) is 9.47. The Hall–Kier alpha value is -3.72. The van der Waals surface area contributed by atoms with E-state index < -0.39 is 5.60 Å². The third-order valence-corrected chi connectivity index (χ3v) is 7.05. The van der Waals surface area contributed by atoms with Gasteiger partial charge in [0, 0.05) is 67.8 Å². The summed E-state index contributed by atoms with van der Waals surface area (Å²) in [5, 5.41) is 15.0. The van der Waals surface area contributed by atoms with Crippen LogP contribution in [0, 0.1) is 0 Å². The Bertz CT molecular complexity index is 1220. The zero-order chi connectivity index (χ0) is 25.0. The monoisotopic (exact) mass is 489 g/mol. The van der Waals surface area contributed by atoms with E-state index in [1.807, 2.05) is 23.2 Å². The Morgan fingerprint density at radius 2 is 1.89 bits per heavy atom. The molecule has 188 valence electrons. The van der Waals surface area contributed by atoms with E-state index in [1.165, 1.54) is 0 Å². The summed E-state index contributed by atoms with van der Waals surface area (Å²) in [6, 6.07) is 10.8. The summed E-state index contributed by atoms with van der Waals surface area (Å²) < 4.78 is 5.72. The normalized spacial score (nSPS) is 17.4. The fourth-order valence-electron chi connectivity index (χ4n) is 4.85. The summed E-state index contributed by atoms with van der Waals surface area (Å²) in [6.45, 7) is 3.34. The lowest BCUT2D eigenvalue weighted by Gasteiger charge is -2.39. The highest BCUT2D eigenvalue weighted by molar-refractivity contribution is 5.94. The van der Waals surface area contributed by atoms with Crippen molar-refractivity contribution in [2.45, 2.75) is 31.3 Å². The van der Waals surface area contributed by atoms with Gasteiger partial charge in [-0.15, -0.1) is 0 Å². The third kappa shape index (κ3) is 5.41. The lowest BCUT2D eigenvalue weighted by Crippen LogP contribution is -2.51. The molecule has 1 aromatic carbocycles. The van der Waals surface area contributed by atoms with Crippen LogP contribution in [0.2, 0.25) is 0 Å². The summed E-state index contributed by atoms with van der Waals surface area (Å²) in [5.74, 6) is 0.607. The quantitative estimate of drug-likeness (QED) is 0.500. The van der Waals surface area contributed by atoms with Crippen LogP contribution in [0.4, 0.5) is 5.69 Å². The fraction of sp³-hybridized carbons (Fsp3) is 0.407. The summed E-state index contributed by atoms with van der Waals surface area (Å²) in [5.41, 5.74) is 1.51. The van der Waals surface area contributed by atoms with Crippen molar-refractivity contribution in [2.24, 2.45) is 0 Å². The molecule has 3 aromatic rings. The molecule has 2 fully saturated rings. The van der Waals surface area contributed by atoms with Crippen molar-refractivity contribution >= 4 is 28.4 Å². The number of pyridine rings is 2.